The molecule has 24 heteroatoms. The first-order valence-corrected chi connectivity index (χ1v) is 31.2. The highest BCUT2D eigenvalue weighted by Gasteiger charge is 2.46. The van der Waals surface area contributed by atoms with E-state index < -0.39 is 161 Å². The molecule has 0 aliphatic carbocycles. The number of aliphatic hydroxyl groups excluding tert-OH is 1. The second-order valence-electron chi connectivity index (χ2n) is 26.9. The Morgan fingerprint density at radius 1 is 0.534 bits per heavy atom. The van der Waals surface area contributed by atoms with Crippen molar-refractivity contribution in [3.05, 3.63) is 24.4 Å². The van der Waals surface area contributed by atoms with Crippen LogP contribution < -0.4 is 21.3 Å². The minimum Gasteiger partial charge on any atom is -0.390 e. The zero-order valence-electron chi connectivity index (χ0n) is 57.6. The van der Waals surface area contributed by atoms with E-state index in [9.17, 15) is 48.6 Å². The summed E-state index contributed by atoms with van der Waals surface area (Å²) in [4.78, 5) is 169. The van der Waals surface area contributed by atoms with Crippen LogP contribution in [0.15, 0.2) is 24.4 Å². The summed E-state index contributed by atoms with van der Waals surface area (Å²) in [7, 11) is 9.54. The third-order valence-electron chi connectivity index (χ3n) is 16.6. The predicted molar refractivity (Wildman–Crippen MR) is 339 cm³/mol. The smallest absolute Gasteiger partial charge is 0.270 e. The molecular weight excluding hydrogens is 1130 g/mol. The van der Waals surface area contributed by atoms with Gasteiger partial charge in [-0.2, -0.15) is 0 Å². The fourth-order valence-electron chi connectivity index (χ4n) is 10.8. The Morgan fingerprint density at radius 2 is 1.01 bits per heavy atom. The molecule has 0 spiro atoms. The maximum atomic E-state index is 15.2. The van der Waals surface area contributed by atoms with Crippen LogP contribution in [0.2, 0.25) is 0 Å². The molecule has 1 fully saturated rings. The van der Waals surface area contributed by atoms with Crippen LogP contribution in [-0.4, -0.2) is 231 Å². The molecular formula is C64H113N11O13. The van der Waals surface area contributed by atoms with Crippen molar-refractivity contribution in [2.45, 2.75) is 235 Å². The van der Waals surface area contributed by atoms with Gasteiger partial charge in [0.15, 0.2) is 0 Å². The number of aliphatic hydroxyl groups is 2. The maximum absolute atomic E-state index is 15.2. The number of nitrogens with one attached hydrogen (secondary N) is 4. The Balaban J connectivity index is 4.43. The lowest BCUT2D eigenvalue weighted by Gasteiger charge is -2.41. The summed E-state index contributed by atoms with van der Waals surface area (Å²) in [6.45, 7) is 32.7. The summed E-state index contributed by atoms with van der Waals surface area (Å²) in [5.74, 6) is -10.5. The van der Waals surface area contributed by atoms with Gasteiger partial charge in [0.1, 0.15) is 66.1 Å². The Morgan fingerprint density at radius 3 is 1.49 bits per heavy atom. The molecule has 24 nitrogen and oxygen atoms in total. The van der Waals surface area contributed by atoms with Gasteiger partial charge in [-0.15, -0.1) is 0 Å². The first-order chi connectivity index (χ1) is 40.4. The Labute approximate surface area is 525 Å². The molecule has 11 amide bonds. The molecule has 0 aromatic rings. The molecule has 0 aromatic carbocycles. The fourth-order valence-corrected chi connectivity index (χ4v) is 10.8. The van der Waals surface area contributed by atoms with Gasteiger partial charge < -0.3 is 65.8 Å². The third kappa shape index (κ3) is 22.0. The van der Waals surface area contributed by atoms with Gasteiger partial charge in [0, 0.05) is 55.8 Å². The minimum atomic E-state index is -1.67. The van der Waals surface area contributed by atoms with Crippen LogP contribution in [0, 0.1) is 35.5 Å². The van der Waals surface area contributed by atoms with E-state index in [1.807, 2.05) is 41.5 Å². The monoisotopic (exact) mass is 1240 g/mol. The maximum Gasteiger partial charge on any atom is 0.270 e. The van der Waals surface area contributed by atoms with E-state index in [0.717, 1.165) is 14.7 Å². The molecule has 502 valence electrons. The van der Waals surface area contributed by atoms with Crippen LogP contribution in [-0.2, 0) is 52.7 Å². The van der Waals surface area contributed by atoms with E-state index in [0.29, 0.717) is 6.42 Å². The molecule has 6 N–H and O–H groups in total. The summed E-state index contributed by atoms with van der Waals surface area (Å²) >= 11 is 0. The van der Waals surface area contributed by atoms with Crippen molar-refractivity contribution in [1.82, 2.24) is 55.6 Å². The van der Waals surface area contributed by atoms with Crippen molar-refractivity contribution in [1.29, 1.82) is 0 Å². The molecule has 1 saturated heterocycles. The molecule has 88 heavy (non-hydrogen) atoms. The van der Waals surface area contributed by atoms with E-state index in [-0.39, 0.29) is 56.3 Å². The van der Waals surface area contributed by atoms with E-state index in [1.54, 1.807) is 60.6 Å². The summed E-state index contributed by atoms with van der Waals surface area (Å²) in [6.07, 6.45) is 2.73. The minimum absolute atomic E-state index is 0.0610. The number of carbonyl (C=O) groups is 11. The van der Waals surface area contributed by atoms with E-state index in [4.69, 9.17) is 0 Å². The number of allylic oxidation sites excluding steroid dienone is 2. The van der Waals surface area contributed by atoms with Crippen molar-refractivity contribution in [3.8, 4) is 0 Å². The first-order valence-electron chi connectivity index (χ1n) is 31.2. The van der Waals surface area contributed by atoms with Crippen molar-refractivity contribution in [3.63, 3.8) is 0 Å². The fraction of sp³-hybridized carbons (Fsp3) is 0.766. The van der Waals surface area contributed by atoms with E-state index in [2.05, 4.69) is 27.8 Å². The highest BCUT2D eigenvalue weighted by Crippen LogP contribution is 2.26. The average Bonchev–Trinajstić information content (AvgIpc) is 3.00. The van der Waals surface area contributed by atoms with Gasteiger partial charge in [0.05, 0.1) is 11.7 Å². The van der Waals surface area contributed by atoms with Gasteiger partial charge in [0.25, 0.3) is 5.91 Å². The number of nitrogens with zero attached hydrogens (tertiary/aromatic N) is 7. The molecule has 1 rings (SSSR count). The Hall–Kier alpha value is -6.43. The number of amides is 11. The number of rotatable bonds is 16. The number of carbonyl (C=O) groups excluding carboxylic acids is 11. The van der Waals surface area contributed by atoms with Gasteiger partial charge in [-0.3, -0.25) is 52.7 Å². The van der Waals surface area contributed by atoms with Gasteiger partial charge in [-0.25, -0.2) is 0 Å². The summed E-state index contributed by atoms with van der Waals surface area (Å²) in [5.41, 5.74) is -2.04. The molecule has 0 radical (unpaired) electrons. The van der Waals surface area contributed by atoms with Crippen LogP contribution in [0.1, 0.15) is 163 Å². The highest BCUT2D eigenvalue weighted by molar-refractivity contribution is 6.02. The van der Waals surface area contributed by atoms with E-state index in [1.165, 1.54) is 96.6 Å². The second-order valence-corrected chi connectivity index (χ2v) is 26.9. The van der Waals surface area contributed by atoms with Gasteiger partial charge in [0.2, 0.25) is 59.1 Å². The second kappa shape index (κ2) is 35.1. The van der Waals surface area contributed by atoms with Crippen LogP contribution in [0.5, 0.6) is 0 Å². The number of hydrogen-bond acceptors (Lipinski definition) is 13. The van der Waals surface area contributed by atoms with Crippen molar-refractivity contribution in [2.24, 2.45) is 35.5 Å². The van der Waals surface area contributed by atoms with Crippen molar-refractivity contribution < 1.29 is 63.0 Å². The Kier molecular flexibility index (Phi) is 31.7. The van der Waals surface area contributed by atoms with E-state index >= 15 is 14.4 Å². The number of hydrogen-bond donors (Lipinski definition) is 6. The Bertz CT molecular complexity index is 2480. The predicted octanol–water partition coefficient (Wildman–Crippen LogP) is 3.29. The van der Waals surface area contributed by atoms with Crippen molar-refractivity contribution in [2.75, 3.05) is 49.3 Å². The van der Waals surface area contributed by atoms with Crippen molar-refractivity contribution >= 4 is 65.0 Å². The van der Waals surface area contributed by atoms with Crippen LogP contribution >= 0.6 is 0 Å². The molecule has 1 unspecified atom stereocenters. The van der Waals surface area contributed by atoms with Crippen LogP contribution in [0.4, 0.5) is 0 Å². The lowest BCUT2D eigenvalue weighted by molar-refractivity contribution is -0.157. The van der Waals surface area contributed by atoms with Gasteiger partial charge in [-0.05, 0) is 109 Å². The molecule has 0 saturated carbocycles. The highest BCUT2D eigenvalue weighted by atomic mass is 16.3. The largest absolute Gasteiger partial charge is 0.390 e. The van der Waals surface area contributed by atoms with Crippen LogP contribution in [0.3, 0.4) is 0 Å². The molecule has 1 heterocycles. The van der Waals surface area contributed by atoms with Crippen LogP contribution in [0.25, 0.3) is 0 Å². The summed E-state index contributed by atoms with van der Waals surface area (Å²) < 4.78 is 0. The standard InChI is InChI=1S/C64H113N11O13/c1-26-28-29-40(13)52(76)51-56(80)67-44(27-2)59(83)69(19)43(16)58(82)73(23)48(34-64(17,18)88)55(79)68-49(38(9)10)62(86)71(21)46(32-36(5)6)54(78)65-41(14)53(77)66-42(15)57(81)72(22)47(33-37(7)8)61(85)70(20)45(31-30-35(3)4)60(84)74(24)50(39(11)12)63(87)75(51)25/h26,28,35-42,44-52,76,88H,16,27,29-34H2,1-15,17-25H3,(H,65,78)(H,66,77)(H,67,80)(H,68,79)/b28-26+/t40-,41-,42+,44-,45-,46-,47+,48+,49-,50-,51?,52-/m1/s1. The molecule has 0 bridgehead atoms. The van der Waals surface area contributed by atoms with Gasteiger partial charge in [-0.1, -0.05) is 102 Å². The van der Waals surface area contributed by atoms with Gasteiger partial charge >= 0.3 is 0 Å². The average molecular weight is 1240 g/mol. The SMILES string of the molecule is C=C1C(=O)N(C)[C@@H](CC(C)(C)O)C(=O)N[C@H](C(C)C)C(=O)N(C)[C@H](CC(C)C)C(=O)N[C@H](C)C(=O)N[C@@H](C)C(=O)N(C)[C@@H](CC(C)C)C(=O)N(C)[C@H](CCC(C)C)C(=O)N(C)[C@H](C(C)C)C(=O)N(C)C([C@H](O)[C@H](C)C/C=C/C)C(=O)N[C@H](CC)C(=O)N1C. The summed E-state index contributed by atoms with van der Waals surface area (Å²) in [6, 6.07) is -13.2. The molecule has 1 aliphatic rings. The third-order valence-corrected chi connectivity index (χ3v) is 16.6. The topological polar surface area (TPSA) is 299 Å². The summed E-state index contributed by atoms with van der Waals surface area (Å²) in [5, 5.41) is 34.1. The normalized spacial score (nSPS) is 26.6. The zero-order valence-corrected chi connectivity index (χ0v) is 57.6. The molecule has 1 aliphatic heterocycles. The quantitative estimate of drug-likeness (QED) is 0.0957. The molecule has 12 atom stereocenters. The number of likely N-dealkylation sites (N-methyl/N-ethyl adjacent to an activating group) is 7. The molecule has 0 aromatic heterocycles. The zero-order chi connectivity index (χ0) is 68.5. The lowest BCUT2D eigenvalue weighted by atomic mass is 9.91. The first kappa shape index (κ1) is 79.6. The lowest BCUT2D eigenvalue weighted by Crippen LogP contribution is -2.63.